The summed E-state index contributed by atoms with van der Waals surface area (Å²) in [5.41, 5.74) is 0.318. The molecule has 0 aliphatic heterocycles. The molecular weight excluding hydrogens is 234 g/mol. The van der Waals surface area contributed by atoms with Crippen molar-refractivity contribution in [3.05, 3.63) is 36.4 Å². The van der Waals surface area contributed by atoms with E-state index in [0.717, 1.165) is 6.07 Å². The number of phenols is 3. The van der Waals surface area contributed by atoms with Crippen LogP contribution in [0.2, 0.25) is 0 Å². The highest BCUT2D eigenvalue weighted by Gasteiger charge is 2.18. The van der Waals surface area contributed by atoms with Crippen molar-refractivity contribution >= 4 is 11.8 Å². The Balaban J connectivity index is 2.76. The number of carbonyl (C=O) groups excluding carboxylic acids is 1. The van der Waals surface area contributed by atoms with Crippen LogP contribution >= 0.6 is 0 Å². The van der Waals surface area contributed by atoms with Crippen LogP contribution in [-0.2, 0) is 4.79 Å². The molecule has 0 amide bonds. The number of hydrogen-bond acceptors (Lipinski definition) is 5. The molecule has 0 unspecified atom stereocenters. The molecule has 2 aromatic rings. The van der Waals surface area contributed by atoms with Gasteiger partial charge < -0.3 is 15.3 Å². The van der Waals surface area contributed by atoms with Crippen LogP contribution in [0.5, 0.6) is 17.2 Å². The lowest BCUT2D eigenvalue weighted by molar-refractivity contribution is 0.432. The van der Waals surface area contributed by atoms with E-state index in [0.29, 0.717) is 5.56 Å². The summed E-state index contributed by atoms with van der Waals surface area (Å²) in [6.07, 6.45) is 1.24. The number of nitrogens with zero attached hydrogens (tertiary/aromatic N) is 1. The van der Waals surface area contributed by atoms with Crippen molar-refractivity contribution < 1.29 is 20.1 Å². The lowest BCUT2D eigenvalue weighted by Gasteiger charge is -2.10. The van der Waals surface area contributed by atoms with Gasteiger partial charge in [-0.25, -0.2) is 4.79 Å². The fourth-order valence-corrected chi connectivity index (χ4v) is 1.68. The minimum absolute atomic E-state index is 0.0994. The van der Waals surface area contributed by atoms with Crippen molar-refractivity contribution in [1.82, 2.24) is 0 Å². The third kappa shape index (κ3) is 1.90. The zero-order valence-electron chi connectivity index (χ0n) is 9.16. The average molecular weight is 243 g/mol. The topological polar surface area (TPSA) is 90.1 Å². The maximum Gasteiger partial charge on any atom is 0.240 e. The van der Waals surface area contributed by atoms with Crippen LogP contribution in [0.4, 0.5) is 5.69 Å². The monoisotopic (exact) mass is 243 g/mol. The van der Waals surface area contributed by atoms with Gasteiger partial charge in [0.15, 0.2) is 11.4 Å². The summed E-state index contributed by atoms with van der Waals surface area (Å²) in [7, 11) is 0. The van der Waals surface area contributed by atoms with Gasteiger partial charge in [-0.3, -0.25) is 0 Å². The van der Waals surface area contributed by atoms with E-state index in [1.165, 1.54) is 6.08 Å². The first-order valence-electron chi connectivity index (χ1n) is 5.06. The van der Waals surface area contributed by atoms with Crippen molar-refractivity contribution in [3.8, 4) is 28.4 Å². The number of aromatic hydroxyl groups is 3. The smallest absolute Gasteiger partial charge is 0.240 e. The van der Waals surface area contributed by atoms with E-state index in [1.54, 1.807) is 30.3 Å². The number of isocyanates is 1. The molecule has 2 aromatic carbocycles. The van der Waals surface area contributed by atoms with Gasteiger partial charge >= 0.3 is 0 Å². The highest BCUT2D eigenvalue weighted by Crippen LogP contribution is 2.48. The molecule has 18 heavy (non-hydrogen) atoms. The van der Waals surface area contributed by atoms with Gasteiger partial charge in [-0.15, -0.1) is 0 Å². The second kappa shape index (κ2) is 4.61. The summed E-state index contributed by atoms with van der Waals surface area (Å²) in [5.74, 6) is -1.27. The maximum absolute atomic E-state index is 10.2. The second-order valence-electron chi connectivity index (χ2n) is 3.56. The Morgan fingerprint density at radius 2 is 1.67 bits per heavy atom. The Morgan fingerprint density at radius 3 is 2.28 bits per heavy atom. The summed E-state index contributed by atoms with van der Waals surface area (Å²) in [5, 5.41) is 29.2. The van der Waals surface area contributed by atoms with Gasteiger partial charge in [-0.1, -0.05) is 30.3 Å². The zero-order valence-corrected chi connectivity index (χ0v) is 9.16. The van der Waals surface area contributed by atoms with Crippen LogP contribution in [0.1, 0.15) is 0 Å². The molecular formula is C13H9NO4. The van der Waals surface area contributed by atoms with Gasteiger partial charge in [-0.05, 0) is 5.56 Å². The zero-order chi connectivity index (χ0) is 13.1. The van der Waals surface area contributed by atoms with Gasteiger partial charge in [0.2, 0.25) is 6.08 Å². The number of benzene rings is 2. The molecule has 90 valence electrons. The molecule has 0 bridgehead atoms. The number of phenolic OH excluding ortho intramolecular Hbond substituents is 3. The second-order valence-corrected chi connectivity index (χ2v) is 3.56. The Labute approximate surface area is 102 Å². The SMILES string of the molecule is O=C=Nc1c(O)cc(O)c(-c2ccccc2)c1O. The van der Waals surface area contributed by atoms with E-state index in [4.69, 9.17) is 0 Å². The van der Waals surface area contributed by atoms with Crippen molar-refractivity contribution in [2.24, 2.45) is 4.99 Å². The molecule has 0 saturated carbocycles. The molecule has 0 aromatic heterocycles. The number of hydrogen-bond donors (Lipinski definition) is 3. The van der Waals surface area contributed by atoms with Crippen LogP contribution in [-0.4, -0.2) is 21.4 Å². The van der Waals surface area contributed by atoms with E-state index in [9.17, 15) is 20.1 Å². The highest BCUT2D eigenvalue weighted by atomic mass is 16.3. The standard InChI is InChI=1S/C13H9NO4/c15-7-14-12-10(17)6-9(16)11(13(12)18)8-4-2-1-3-5-8/h1-6,16-18H. The molecule has 0 aliphatic carbocycles. The summed E-state index contributed by atoms with van der Waals surface area (Å²) in [4.78, 5) is 13.5. The molecule has 0 aliphatic rings. The molecule has 0 spiro atoms. The molecule has 0 fully saturated rings. The minimum Gasteiger partial charge on any atom is -0.507 e. The van der Waals surface area contributed by atoms with Gasteiger partial charge in [0.25, 0.3) is 0 Å². The van der Waals surface area contributed by atoms with Crippen LogP contribution in [0.15, 0.2) is 41.4 Å². The molecule has 0 atom stereocenters. The first-order valence-corrected chi connectivity index (χ1v) is 5.06. The van der Waals surface area contributed by atoms with Gasteiger partial charge in [0.1, 0.15) is 11.5 Å². The molecule has 5 nitrogen and oxygen atoms in total. The molecule has 2 rings (SSSR count). The van der Waals surface area contributed by atoms with Crippen LogP contribution in [0.25, 0.3) is 11.1 Å². The van der Waals surface area contributed by atoms with Crippen molar-refractivity contribution in [1.29, 1.82) is 0 Å². The summed E-state index contributed by atoms with van der Waals surface area (Å²) < 4.78 is 0. The summed E-state index contributed by atoms with van der Waals surface area (Å²) in [6.45, 7) is 0. The van der Waals surface area contributed by atoms with Crippen molar-refractivity contribution in [2.45, 2.75) is 0 Å². The van der Waals surface area contributed by atoms with E-state index in [1.807, 2.05) is 0 Å². The third-order valence-corrected chi connectivity index (χ3v) is 2.45. The van der Waals surface area contributed by atoms with Crippen molar-refractivity contribution in [3.63, 3.8) is 0 Å². The highest BCUT2D eigenvalue weighted by molar-refractivity contribution is 5.85. The summed E-state index contributed by atoms with van der Waals surface area (Å²) >= 11 is 0. The lowest BCUT2D eigenvalue weighted by atomic mass is 10.0. The van der Waals surface area contributed by atoms with Crippen LogP contribution in [0.3, 0.4) is 0 Å². The Morgan fingerprint density at radius 1 is 1.00 bits per heavy atom. The molecule has 5 heteroatoms. The summed E-state index contributed by atoms with van der Waals surface area (Å²) in [6, 6.07) is 9.58. The molecule has 0 heterocycles. The molecule has 0 saturated heterocycles. The maximum atomic E-state index is 10.2. The predicted molar refractivity (Wildman–Crippen MR) is 64.7 cm³/mol. The van der Waals surface area contributed by atoms with Gasteiger partial charge in [0.05, 0.1) is 5.56 Å². The predicted octanol–water partition coefficient (Wildman–Crippen LogP) is 2.44. The number of rotatable bonds is 2. The lowest BCUT2D eigenvalue weighted by Crippen LogP contribution is -1.82. The first kappa shape index (κ1) is 11.7. The van der Waals surface area contributed by atoms with E-state index in [-0.39, 0.29) is 17.0 Å². The Hall–Kier alpha value is -2.78. The fraction of sp³-hybridized carbons (Fsp3) is 0. The number of aliphatic imine (C=N–C) groups is 1. The van der Waals surface area contributed by atoms with Crippen LogP contribution in [0, 0.1) is 0 Å². The Bertz CT molecular complexity index is 631. The van der Waals surface area contributed by atoms with Gasteiger partial charge in [-0.2, -0.15) is 4.99 Å². The van der Waals surface area contributed by atoms with Crippen LogP contribution < -0.4 is 0 Å². The Kier molecular flexibility index (Phi) is 3.00. The molecule has 0 radical (unpaired) electrons. The normalized spacial score (nSPS) is 9.78. The quantitative estimate of drug-likeness (QED) is 0.558. The van der Waals surface area contributed by atoms with E-state index < -0.39 is 11.5 Å². The minimum atomic E-state index is -0.493. The van der Waals surface area contributed by atoms with E-state index in [2.05, 4.69) is 4.99 Å². The van der Waals surface area contributed by atoms with E-state index >= 15 is 0 Å². The first-order chi connectivity index (χ1) is 8.65. The average Bonchev–Trinajstić information content (AvgIpc) is 2.35. The molecule has 3 N–H and O–H groups in total. The van der Waals surface area contributed by atoms with Gasteiger partial charge in [0, 0.05) is 6.07 Å². The van der Waals surface area contributed by atoms with Crippen molar-refractivity contribution in [2.75, 3.05) is 0 Å². The third-order valence-electron chi connectivity index (χ3n) is 2.45. The fourth-order valence-electron chi connectivity index (χ4n) is 1.68. The largest absolute Gasteiger partial charge is 0.507 e.